The molecular formula is C21H14BrFN2O3S. The topological polar surface area (TPSA) is 61.2 Å². The van der Waals surface area contributed by atoms with E-state index in [-0.39, 0.29) is 17.9 Å². The Labute approximate surface area is 177 Å². The number of benzene rings is 2. The second-order valence-corrected chi connectivity index (χ2v) is 8.30. The molecular weight excluding hydrogens is 459 g/mol. The first-order chi connectivity index (χ1) is 13.9. The van der Waals surface area contributed by atoms with Crippen LogP contribution >= 0.6 is 27.3 Å². The van der Waals surface area contributed by atoms with Gasteiger partial charge in [-0.3, -0.25) is 9.36 Å². The van der Waals surface area contributed by atoms with E-state index in [2.05, 4.69) is 20.9 Å². The summed E-state index contributed by atoms with van der Waals surface area (Å²) in [6.07, 6.45) is 1.41. The molecule has 0 radical (unpaired) electrons. The molecule has 0 amide bonds. The third kappa shape index (κ3) is 3.99. The summed E-state index contributed by atoms with van der Waals surface area (Å²) in [7, 11) is 0. The number of carbonyl (C=O) groups excluding carboxylic acids is 1. The Morgan fingerprint density at radius 3 is 2.72 bits per heavy atom. The van der Waals surface area contributed by atoms with Gasteiger partial charge in [0.25, 0.3) is 5.56 Å². The summed E-state index contributed by atoms with van der Waals surface area (Å²) in [6, 6.07) is 12.9. The molecule has 0 atom stereocenters. The van der Waals surface area contributed by atoms with Crippen LogP contribution in [0.3, 0.4) is 0 Å². The van der Waals surface area contributed by atoms with Gasteiger partial charge in [-0.15, -0.1) is 11.3 Å². The SMILES string of the molecule is Cc1c(C(=O)Oc2ccc(Br)cc2)sc2ncn(Cc3cccc(F)c3)c(=O)c12. The number of aryl methyl sites for hydroxylation is 1. The molecule has 146 valence electrons. The van der Waals surface area contributed by atoms with Crippen LogP contribution in [0.2, 0.25) is 0 Å². The van der Waals surface area contributed by atoms with Gasteiger partial charge in [-0.2, -0.15) is 0 Å². The maximum absolute atomic E-state index is 13.4. The highest BCUT2D eigenvalue weighted by atomic mass is 79.9. The zero-order chi connectivity index (χ0) is 20.5. The largest absolute Gasteiger partial charge is 0.422 e. The Bertz CT molecular complexity index is 1280. The molecule has 8 heteroatoms. The lowest BCUT2D eigenvalue weighted by atomic mass is 10.2. The highest BCUT2D eigenvalue weighted by molar-refractivity contribution is 9.10. The molecule has 0 unspecified atom stereocenters. The van der Waals surface area contributed by atoms with Crippen molar-refractivity contribution in [2.45, 2.75) is 13.5 Å². The van der Waals surface area contributed by atoms with Crippen molar-refractivity contribution in [3.8, 4) is 5.75 Å². The zero-order valence-corrected chi connectivity index (χ0v) is 17.6. The average Bonchev–Trinajstić information content (AvgIpc) is 3.03. The van der Waals surface area contributed by atoms with Crippen LogP contribution < -0.4 is 10.3 Å². The van der Waals surface area contributed by atoms with Crippen LogP contribution in [0, 0.1) is 12.7 Å². The number of ether oxygens (including phenoxy) is 1. The fourth-order valence-electron chi connectivity index (χ4n) is 2.95. The fourth-order valence-corrected chi connectivity index (χ4v) is 4.23. The summed E-state index contributed by atoms with van der Waals surface area (Å²) >= 11 is 4.45. The molecule has 4 aromatic rings. The lowest BCUT2D eigenvalue weighted by Gasteiger charge is -2.06. The Hall–Kier alpha value is -2.84. The number of aromatic nitrogens is 2. The van der Waals surface area contributed by atoms with Crippen LogP contribution in [-0.2, 0) is 6.54 Å². The maximum atomic E-state index is 13.4. The Balaban J connectivity index is 1.68. The molecule has 29 heavy (non-hydrogen) atoms. The van der Waals surface area contributed by atoms with Crippen molar-refractivity contribution in [3.63, 3.8) is 0 Å². The Morgan fingerprint density at radius 2 is 2.00 bits per heavy atom. The first-order valence-electron chi connectivity index (χ1n) is 8.63. The number of rotatable bonds is 4. The first-order valence-corrected chi connectivity index (χ1v) is 10.2. The smallest absolute Gasteiger partial charge is 0.354 e. The molecule has 0 saturated heterocycles. The summed E-state index contributed by atoms with van der Waals surface area (Å²) in [5, 5.41) is 0.372. The van der Waals surface area contributed by atoms with Gasteiger partial charge in [0.1, 0.15) is 21.3 Å². The van der Waals surface area contributed by atoms with Crippen LogP contribution in [-0.4, -0.2) is 15.5 Å². The quantitative estimate of drug-likeness (QED) is 0.311. The van der Waals surface area contributed by atoms with Crippen LogP contribution in [0.4, 0.5) is 4.39 Å². The predicted octanol–water partition coefficient (Wildman–Crippen LogP) is 4.94. The molecule has 0 N–H and O–H groups in total. The second kappa shape index (κ2) is 7.88. The van der Waals surface area contributed by atoms with E-state index in [1.54, 1.807) is 43.3 Å². The van der Waals surface area contributed by atoms with Gasteiger partial charge in [0.05, 0.1) is 18.3 Å². The molecule has 0 aliphatic heterocycles. The molecule has 0 spiro atoms. The third-order valence-electron chi connectivity index (χ3n) is 4.37. The van der Waals surface area contributed by atoms with Crippen LogP contribution in [0.25, 0.3) is 10.2 Å². The van der Waals surface area contributed by atoms with E-state index in [4.69, 9.17) is 4.74 Å². The minimum absolute atomic E-state index is 0.188. The van der Waals surface area contributed by atoms with Gasteiger partial charge >= 0.3 is 5.97 Å². The Morgan fingerprint density at radius 1 is 1.24 bits per heavy atom. The van der Waals surface area contributed by atoms with Gasteiger partial charge in [0.2, 0.25) is 0 Å². The number of thiophene rings is 1. The number of hydrogen-bond acceptors (Lipinski definition) is 5. The van der Waals surface area contributed by atoms with E-state index >= 15 is 0 Å². The molecule has 0 bridgehead atoms. The van der Waals surface area contributed by atoms with Crippen molar-refractivity contribution >= 4 is 43.5 Å². The highest BCUT2D eigenvalue weighted by Crippen LogP contribution is 2.28. The lowest BCUT2D eigenvalue weighted by molar-refractivity contribution is 0.0739. The monoisotopic (exact) mass is 472 g/mol. The summed E-state index contributed by atoms with van der Waals surface area (Å²) < 4.78 is 21.1. The van der Waals surface area contributed by atoms with Crippen LogP contribution in [0.5, 0.6) is 5.75 Å². The summed E-state index contributed by atoms with van der Waals surface area (Å²) in [4.78, 5) is 30.7. The molecule has 2 heterocycles. The number of carbonyl (C=O) groups is 1. The number of nitrogens with zero attached hydrogens (tertiary/aromatic N) is 2. The van der Waals surface area contributed by atoms with E-state index in [0.717, 1.165) is 15.8 Å². The summed E-state index contributed by atoms with van der Waals surface area (Å²) in [5.74, 6) is -0.496. The first kappa shape index (κ1) is 19.5. The predicted molar refractivity (Wildman–Crippen MR) is 113 cm³/mol. The second-order valence-electron chi connectivity index (χ2n) is 6.39. The van der Waals surface area contributed by atoms with Crippen molar-refractivity contribution in [2.75, 3.05) is 0 Å². The van der Waals surface area contributed by atoms with Crippen LogP contribution in [0.15, 0.2) is 64.1 Å². The highest BCUT2D eigenvalue weighted by Gasteiger charge is 2.21. The average molecular weight is 473 g/mol. The molecule has 2 aromatic heterocycles. The third-order valence-corrected chi connectivity index (χ3v) is 6.08. The van der Waals surface area contributed by atoms with Gasteiger partial charge in [-0.05, 0) is 54.4 Å². The molecule has 0 saturated carbocycles. The van der Waals surface area contributed by atoms with E-state index in [1.165, 1.54) is 23.0 Å². The van der Waals surface area contributed by atoms with Gasteiger partial charge in [0.15, 0.2) is 0 Å². The van der Waals surface area contributed by atoms with Crippen molar-refractivity contribution in [1.82, 2.24) is 9.55 Å². The van der Waals surface area contributed by atoms with Gasteiger partial charge in [-0.25, -0.2) is 14.2 Å². The zero-order valence-electron chi connectivity index (χ0n) is 15.2. The number of esters is 1. The van der Waals surface area contributed by atoms with Gasteiger partial charge in [0, 0.05) is 4.47 Å². The molecule has 0 fully saturated rings. The van der Waals surface area contributed by atoms with Crippen LogP contribution in [0.1, 0.15) is 20.8 Å². The van der Waals surface area contributed by atoms with E-state index in [1.807, 2.05) is 0 Å². The normalized spacial score (nSPS) is 11.0. The lowest BCUT2D eigenvalue weighted by Crippen LogP contribution is -2.21. The van der Waals surface area contributed by atoms with E-state index in [9.17, 15) is 14.0 Å². The standard InChI is InChI=1S/C21H14BrFN2O3S/c1-12-17-19(29-18(12)21(27)28-16-7-5-14(22)6-8-16)24-11-25(20(17)26)10-13-3-2-4-15(23)9-13/h2-9,11H,10H2,1H3. The molecule has 2 aromatic carbocycles. The van der Waals surface area contributed by atoms with Crippen molar-refractivity contribution in [1.29, 1.82) is 0 Å². The van der Waals surface area contributed by atoms with Crippen molar-refractivity contribution in [2.24, 2.45) is 0 Å². The molecule has 5 nitrogen and oxygen atoms in total. The van der Waals surface area contributed by atoms with Gasteiger partial charge < -0.3 is 4.74 Å². The molecule has 0 aliphatic rings. The van der Waals surface area contributed by atoms with Crippen molar-refractivity contribution in [3.05, 3.63) is 91.5 Å². The van der Waals surface area contributed by atoms with Gasteiger partial charge in [-0.1, -0.05) is 28.1 Å². The minimum atomic E-state index is -0.538. The Kier molecular flexibility index (Phi) is 5.29. The molecule has 4 rings (SSSR count). The van der Waals surface area contributed by atoms with E-state index < -0.39 is 5.97 Å². The number of hydrogen-bond donors (Lipinski definition) is 0. The van der Waals surface area contributed by atoms with E-state index in [0.29, 0.717) is 32.0 Å². The number of fused-ring (bicyclic) bond motifs is 1. The van der Waals surface area contributed by atoms with Crippen molar-refractivity contribution < 1.29 is 13.9 Å². The summed E-state index contributed by atoms with van der Waals surface area (Å²) in [6.45, 7) is 1.89. The maximum Gasteiger partial charge on any atom is 0.354 e. The fraction of sp³-hybridized carbons (Fsp3) is 0.0952. The summed E-state index contributed by atoms with van der Waals surface area (Å²) in [5.41, 5.74) is 0.893. The minimum Gasteiger partial charge on any atom is -0.422 e. The number of halogens is 2. The molecule has 0 aliphatic carbocycles.